The molecule has 0 fully saturated rings. The Morgan fingerprint density at radius 3 is 2.00 bits per heavy atom. The van der Waals surface area contributed by atoms with E-state index < -0.39 is 35.7 Å². The summed E-state index contributed by atoms with van der Waals surface area (Å²) in [5.41, 5.74) is 0. The van der Waals surface area contributed by atoms with Crippen LogP contribution in [0.5, 0.6) is 0 Å². The van der Waals surface area contributed by atoms with Gasteiger partial charge in [-0.1, -0.05) is 58.3 Å². The largest absolute Gasteiger partial charge is 0.463 e. The molecule has 0 amide bonds. The predicted molar refractivity (Wildman–Crippen MR) is 86.3 cm³/mol. The van der Waals surface area contributed by atoms with Crippen LogP contribution >= 0.6 is 0 Å². The molecule has 0 aliphatic carbocycles. The summed E-state index contributed by atoms with van der Waals surface area (Å²) in [6, 6.07) is 0. The van der Waals surface area contributed by atoms with E-state index in [1.165, 1.54) is 38.5 Å². The Bertz CT molecular complexity index is 395. The molecule has 0 radical (unpaired) electrons. The molecule has 0 aromatic heterocycles. The van der Waals surface area contributed by atoms with Crippen LogP contribution in [0.3, 0.4) is 0 Å². The fourth-order valence-electron chi connectivity index (χ4n) is 2.12. The van der Waals surface area contributed by atoms with Crippen molar-refractivity contribution in [1.82, 2.24) is 0 Å². The molecule has 1 atom stereocenters. The number of aliphatic hydroxyl groups excluding tert-OH is 1. The lowest BCUT2D eigenvalue weighted by Crippen LogP contribution is -2.28. The van der Waals surface area contributed by atoms with Crippen molar-refractivity contribution in [2.24, 2.45) is 0 Å². The third-order valence-electron chi connectivity index (χ3n) is 3.38. The number of esters is 1. The average molecular weight is 354 g/mol. The Kier molecular flexibility index (Phi) is 13.3. The Labute approximate surface area is 139 Å². The van der Waals surface area contributed by atoms with Crippen molar-refractivity contribution in [2.45, 2.75) is 77.2 Å². The number of unbranched alkanes of at least 4 members (excludes halogenated alkanes) is 8. The van der Waals surface area contributed by atoms with Crippen molar-refractivity contribution in [3.63, 3.8) is 0 Å². The molecule has 0 aromatic rings. The fourth-order valence-corrected chi connectivity index (χ4v) is 2.58. The normalized spacial score (nSPS) is 13.0. The molecule has 0 aliphatic rings. The zero-order valence-corrected chi connectivity index (χ0v) is 14.7. The van der Waals surface area contributed by atoms with E-state index in [0.717, 1.165) is 19.3 Å². The number of hydrogen-bond donors (Lipinski definition) is 2. The van der Waals surface area contributed by atoms with Crippen LogP contribution in [0.15, 0.2) is 0 Å². The van der Waals surface area contributed by atoms with Crippen LogP contribution in [0.1, 0.15) is 71.1 Å². The lowest BCUT2D eigenvalue weighted by atomic mass is 10.1. The van der Waals surface area contributed by atoms with Crippen LogP contribution in [0.25, 0.3) is 0 Å². The van der Waals surface area contributed by atoms with Gasteiger partial charge < -0.3 is 9.84 Å². The summed E-state index contributed by atoms with van der Waals surface area (Å²) >= 11 is 0. The van der Waals surface area contributed by atoms with Crippen molar-refractivity contribution in [3.8, 4) is 0 Å². The molecule has 2 N–H and O–H groups in total. The fraction of sp³-hybridized carbons (Fsp3) is 0.933. The summed E-state index contributed by atoms with van der Waals surface area (Å²) in [4.78, 5) is 11.5. The van der Waals surface area contributed by atoms with Gasteiger partial charge in [-0.3, -0.25) is 9.35 Å². The highest BCUT2D eigenvalue weighted by Gasteiger charge is 2.18. The van der Waals surface area contributed by atoms with Crippen LogP contribution in [0, 0.1) is 0 Å². The van der Waals surface area contributed by atoms with E-state index in [1.807, 2.05) is 0 Å². The molecule has 7 nitrogen and oxygen atoms in total. The molecular weight excluding hydrogens is 324 g/mol. The zero-order valence-electron chi connectivity index (χ0n) is 13.9. The molecule has 0 aliphatic heterocycles. The number of ether oxygens (including phenoxy) is 1. The Balaban J connectivity index is 3.56. The molecule has 138 valence electrons. The summed E-state index contributed by atoms with van der Waals surface area (Å²) in [5.74, 6) is -0.467. The van der Waals surface area contributed by atoms with Crippen molar-refractivity contribution < 1.29 is 31.8 Å². The van der Waals surface area contributed by atoms with Gasteiger partial charge in [0.15, 0.2) is 0 Å². The van der Waals surface area contributed by atoms with Crippen LogP contribution in [-0.2, 0) is 24.1 Å². The summed E-state index contributed by atoms with van der Waals surface area (Å²) in [6.45, 7) is 1.11. The van der Waals surface area contributed by atoms with Gasteiger partial charge in [-0.25, -0.2) is 4.18 Å². The topological polar surface area (TPSA) is 110 Å². The minimum atomic E-state index is -4.67. The predicted octanol–water partition coefficient (Wildman–Crippen LogP) is 2.63. The number of rotatable bonds is 15. The molecule has 0 rings (SSSR count). The van der Waals surface area contributed by atoms with Gasteiger partial charge in [-0.15, -0.1) is 0 Å². The lowest BCUT2D eigenvalue weighted by Gasteiger charge is -2.12. The summed E-state index contributed by atoms with van der Waals surface area (Å²) in [7, 11) is -4.67. The van der Waals surface area contributed by atoms with Crippen LogP contribution in [-0.4, -0.2) is 43.4 Å². The maximum Gasteiger partial charge on any atom is 0.397 e. The SMILES string of the molecule is CCCCCCCCCCCC(=O)OCC(CO)OS(=O)(=O)O. The van der Waals surface area contributed by atoms with E-state index in [0.29, 0.717) is 0 Å². The molecule has 0 aromatic carbocycles. The molecule has 0 spiro atoms. The second-order valence-corrected chi connectivity index (χ2v) is 6.64. The first-order valence-electron chi connectivity index (χ1n) is 8.31. The van der Waals surface area contributed by atoms with Gasteiger partial charge in [-0.05, 0) is 6.42 Å². The molecule has 1 unspecified atom stereocenters. The van der Waals surface area contributed by atoms with Crippen LogP contribution in [0.4, 0.5) is 0 Å². The average Bonchev–Trinajstić information content (AvgIpc) is 2.48. The van der Waals surface area contributed by atoms with Gasteiger partial charge in [0.2, 0.25) is 0 Å². The molecule has 0 heterocycles. The molecule has 23 heavy (non-hydrogen) atoms. The highest BCUT2D eigenvalue weighted by Crippen LogP contribution is 2.11. The molecule has 0 bridgehead atoms. The van der Waals surface area contributed by atoms with E-state index in [2.05, 4.69) is 11.1 Å². The third-order valence-corrected chi connectivity index (χ3v) is 3.89. The smallest absolute Gasteiger partial charge is 0.397 e. The first-order valence-corrected chi connectivity index (χ1v) is 9.67. The molecule has 0 saturated heterocycles. The Morgan fingerprint density at radius 1 is 1.00 bits per heavy atom. The van der Waals surface area contributed by atoms with Gasteiger partial charge >= 0.3 is 16.4 Å². The molecular formula is C15H30O7S. The Morgan fingerprint density at radius 2 is 1.52 bits per heavy atom. The zero-order chi connectivity index (χ0) is 17.6. The highest BCUT2D eigenvalue weighted by molar-refractivity contribution is 7.80. The standard InChI is InChI=1S/C15H30O7S/c1-2-3-4-5-6-7-8-9-10-11-15(17)21-13-14(12-16)22-23(18,19)20/h14,16H,2-13H2,1H3,(H,18,19,20). The number of carbonyl (C=O) groups is 1. The van der Waals surface area contributed by atoms with E-state index >= 15 is 0 Å². The van der Waals surface area contributed by atoms with Crippen molar-refractivity contribution in [2.75, 3.05) is 13.2 Å². The monoisotopic (exact) mass is 354 g/mol. The van der Waals surface area contributed by atoms with Crippen LogP contribution in [0.2, 0.25) is 0 Å². The molecule has 0 saturated carbocycles. The summed E-state index contributed by atoms with van der Waals surface area (Å²) < 4.78 is 38.4. The second kappa shape index (κ2) is 13.7. The van der Waals surface area contributed by atoms with E-state index in [4.69, 9.17) is 14.4 Å². The first kappa shape index (κ1) is 22.3. The Hall–Kier alpha value is -0.700. The third kappa shape index (κ3) is 16.0. The maximum absolute atomic E-state index is 11.5. The highest BCUT2D eigenvalue weighted by atomic mass is 32.3. The summed E-state index contributed by atoms with van der Waals surface area (Å²) in [5, 5.41) is 8.86. The van der Waals surface area contributed by atoms with Gasteiger partial charge in [0.05, 0.1) is 6.61 Å². The number of hydrogen-bond acceptors (Lipinski definition) is 6. The van der Waals surface area contributed by atoms with Gasteiger partial charge in [0.1, 0.15) is 12.7 Å². The minimum Gasteiger partial charge on any atom is -0.463 e. The van der Waals surface area contributed by atoms with Crippen molar-refractivity contribution in [3.05, 3.63) is 0 Å². The summed E-state index contributed by atoms with van der Waals surface area (Å²) in [6.07, 6.45) is 9.23. The van der Waals surface area contributed by atoms with Gasteiger partial charge in [0, 0.05) is 6.42 Å². The maximum atomic E-state index is 11.5. The van der Waals surface area contributed by atoms with E-state index in [-0.39, 0.29) is 6.42 Å². The van der Waals surface area contributed by atoms with Crippen molar-refractivity contribution in [1.29, 1.82) is 0 Å². The van der Waals surface area contributed by atoms with Crippen LogP contribution < -0.4 is 0 Å². The number of aliphatic hydroxyl groups is 1. The number of carbonyl (C=O) groups excluding carboxylic acids is 1. The van der Waals surface area contributed by atoms with Crippen molar-refractivity contribution >= 4 is 16.4 Å². The lowest BCUT2D eigenvalue weighted by molar-refractivity contribution is -0.146. The van der Waals surface area contributed by atoms with Gasteiger partial charge in [-0.2, -0.15) is 8.42 Å². The first-order chi connectivity index (χ1) is 10.9. The minimum absolute atomic E-state index is 0.250. The quantitative estimate of drug-likeness (QED) is 0.264. The van der Waals surface area contributed by atoms with Gasteiger partial charge in [0.25, 0.3) is 0 Å². The molecule has 8 heteroatoms. The second-order valence-electron chi connectivity index (χ2n) is 5.59. The van der Waals surface area contributed by atoms with E-state index in [1.54, 1.807) is 0 Å². The van der Waals surface area contributed by atoms with E-state index in [9.17, 15) is 13.2 Å².